The SMILES string of the molecule is CC(C)C[C@H](NC(=O)[C@H](CO)NC(=O)Nc1cccc(C(F)(F)F)c1)C(=O)N[C@H](C(=O)O)C(C)C. The Morgan fingerprint density at radius 3 is 2.03 bits per heavy atom. The molecule has 0 aliphatic heterocycles. The summed E-state index contributed by atoms with van der Waals surface area (Å²) in [5, 5.41) is 27.9. The fraction of sp³-hybridized carbons (Fsp3) is 0.545. The summed E-state index contributed by atoms with van der Waals surface area (Å²) in [5.74, 6) is -3.46. The standard InChI is InChI=1S/C22H31F3N4O6/c1-11(2)8-15(18(31)29-17(12(3)4)20(33)34)27-19(32)16(10-30)28-21(35)26-14-7-5-6-13(9-14)22(23,24)25/h5-7,9,11-12,15-17,30H,8,10H2,1-4H3,(H,27,32)(H,29,31)(H,33,34)(H2,26,28,35)/t15-,16-,17-/m0/s1. The van der Waals surface area contributed by atoms with Crippen molar-refractivity contribution in [2.45, 2.75) is 58.4 Å². The number of carboxylic acids is 1. The third kappa shape index (κ3) is 9.81. The number of hydrogen-bond donors (Lipinski definition) is 6. The highest BCUT2D eigenvalue weighted by Crippen LogP contribution is 2.30. The lowest BCUT2D eigenvalue weighted by molar-refractivity contribution is -0.143. The van der Waals surface area contributed by atoms with Gasteiger partial charge in [-0.3, -0.25) is 9.59 Å². The molecule has 13 heteroatoms. The van der Waals surface area contributed by atoms with E-state index in [9.17, 15) is 42.6 Å². The van der Waals surface area contributed by atoms with Crippen LogP contribution in [0.5, 0.6) is 0 Å². The van der Waals surface area contributed by atoms with Gasteiger partial charge in [0.15, 0.2) is 0 Å². The molecule has 0 fully saturated rings. The Hall–Kier alpha value is -3.35. The second-order valence-corrected chi connectivity index (χ2v) is 8.67. The molecule has 0 spiro atoms. The number of aliphatic hydroxyl groups excluding tert-OH is 1. The lowest BCUT2D eigenvalue weighted by Crippen LogP contribution is -2.57. The van der Waals surface area contributed by atoms with E-state index in [2.05, 4.69) is 21.3 Å². The second-order valence-electron chi connectivity index (χ2n) is 8.67. The van der Waals surface area contributed by atoms with E-state index in [-0.39, 0.29) is 18.0 Å². The number of benzene rings is 1. The van der Waals surface area contributed by atoms with Gasteiger partial charge in [-0.25, -0.2) is 9.59 Å². The zero-order valence-corrected chi connectivity index (χ0v) is 19.8. The van der Waals surface area contributed by atoms with Crippen molar-refractivity contribution in [1.82, 2.24) is 16.0 Å². The minimum atomic E-state index is -4.62. The summed E-state index contributed by atoms with van der Waals surface area (Å²) in [7, 11) is 0. The molecule has 1 aromatic rings. The summed E-state index contributed by atoms with van der Waals surface area (Å²) in [4.78, 5) is 48.9. The minimum absolute atomic E-state index is 0.0851. The Balaban J connectivity index is 2.89. The molecule has 0 saturated carbocycles. The number of carboxylic acid groups (broad SMARTS) is 1. The van der Waals surface area contributed by atoms with E-state index in [1.165, 1.54) is 6.07 Å². The number of rotatable bonds is 11. The van der Waals surface area contributed by atoms with Crippen LogP contribution < -0.4 is 21.3 Å². The number of carbonyl (C=O) groups excluding carboxylic acids is 3. The molecule has 0 aromatic heterocycles. The van der Waals surface area contributed by atoms with Gasteiger partial charge in [-0.15, -0.1) is 0 Å². The van der Waals surface area contributed by atoms with Crippen molar-refractivity contribution in [3.63, 3.8) is 0 Å². The van der Waals surface area contributed by atoms with E-state index >= 15 is 0 Å². The van der Waals surface area contributed by atoms with Gasteiger partial charge in [0.2, 0.25) is 11.8 Å². The zero-order chi connectivity index (χ0) is 26.9. The molecular formula is C22H31F3N4O6. The molecule has 0 aliphatic rings. The van der Waals surface area contributed by atoms with Crippen molar-refractivity contribution in [2.24, 2.45) is 11.8 Å². The van der Waals surface area contributed by atoms with Crippen LogP contribution in [0.4, 0.5) is 23.7 Å². The van der Waals surface area contributed by atoms with Gasteiger partial charge in [0.05, 0.1) is 12.2 Å². The van der Waals surface area contributed by atoms with Gasteiger partial charge < -0.3 is 31.5 Å². The highest BCUT2D eigenvalue weighted by Gasteiger charge is 2.32. The number of halogens is 3. The quantitative estimate of drug-likeness (QED) is 0.270. The highest BCUT2D eigenvalue weighted by atomic mass is 19.4. The summed E-state index contributed by atoms with van der Waals surface area (Å²) in [6, 6.07) is -1.14. The number of alkyl halides is 3. The lowest BCUT2D eigenvalue weighted by Gasteiger charge is -2.26. The van der Waals surface area contributed by atoms with Crippen LogP contribution in [0.25, 0.3) is 0 Å². The molecule has 0 aliphatic carbocycles. The topological polar surface area (TPSA) is 157 Å². The first-order valence-electron chi connectivity index (χ1n) is 10.8. The fourth-order valence-electron chi connectivity index (χ4n) is 3.04. The smallest absolute Gasteiger partial charge is 0.416 e. The predicted octanol–water partition coefficient (Wildman–Crippen LogP) is 1.94. The second kappa shape index (κ2) is 12.9. The first kappa shape index (κ1) is 29.7. The number of nitrogens with one attached hydrogen (secondary N) is 4. The number of urea groups is 1. The molecule has 4 amide bonds. The molecule has 0 saturated heterocycles. The average Bonchev–Trinajstić information content (AvgIpc) is 2.73. The molecule has 0 unspecified atom stereocenters. The van der Waals surface area contributed by atoms with E-state index in [1.807, 2.05) is 0 Å². The molecule has 1 rings (SSSR count). The Bertz CT molecular complexity index is 907. The predicted molar refractivity (Wildman–Crippen MR) is 120 cm³/mol. The molecule has 10 nitrogen and oxygen atoms in total. The van der Waals surface area contributed by atoms with Crippen LogP contribution >= 0.6 is 0 Å². The van der Waals surface area contributed by atoms with Crippen molar-refractivity contribution in [2.75, 3.05) is 11.9 Å². The molecule has 1 aromatic carbocycles. The van der Waals surface area contributed by atoms with Crippen molar-refractivity contribution < 1.29 is 42.6 Å². The number of anilines is 1. The summed E-state index contributed by atoms with van der Waals surface area (Å²) in [6.07, 6.45) is -4.49. The Labute approximate surface area is 200 Å². The van der Waals surface area contributed by atoms with E-state index < -0.39 is 66.2 Å². The normalized spacial score (nSPS) is 14.1. The van der Waals surface area contributed by atoms with Gasteiger partial charge >= 0.3 is 18.2 Å². The number of aliphatic hydroxyl groups is 1. The van der Waals surface area contributed by atoms with Crippen LogP contribution in [-0.4, -0.2) is 58.8 Å². The molecule has 35 heavy (non-hydrogen) atoms. The van der Waals surface area contributed by atoms with E-state index in [4.69, 9.17) is 0 Å². The molecule has 196 valence electrons. The molecule has 3 atom stereocenters. The highest BCUT2D eigenvalue weighted by molar-refractivity contribution is 5.96. The molecular weight excluding hydrogens is 473 g/mol. The maximum absolute atomic E-state index is 12.8. The monoisotopic (exact) mass is 504 g/mol. The van der Waals surface area contributed by atoms with Crippen molar-refractivity contribution in [3.8, 4) is 0 Å². The minimum Gasteiger partial charge on any atom is -0.480 e. The third-order valence-corrected chi connectivity index (χ3v) is 4.82. The van der Waals surface area contributed by atoms with Crippen LogP contribution in [0.15, 0.2) is 24.3 Å². The lowest BCUT2D eigenvalue weighted by atomic mass is 10.00. The van der Waals surface area contributed by atoms with E-state index in [0.29, 0.717) is 6.07 Å². The molecule has 0 radical (unpaired) electrons. The Kier molecular flexibility index (Phi) is 11.0. The van der Waals surface area contributed by atoms with Gasteiger partial charge in [-0.1, -0.05) is 33.8 Å². The number of hydrogen-bond acceptors (Lipinski definition) is 5. The summed E-state index contributed by atoms with van der Waals surface area (Å²) < 4.78 is 38.5. The largest absolute Gasteiger partial charge is 0.480 e. The fourth-order valence-corrected chi connectivity index (χ4v) is 3.04. The first-order chi connectivity index (χ1) is 16.1. The van der Waals surface area contributed by atoms with Gasteiger partial charge in [-0.2, -0.15) is 13.2 Å². The Morgan fingerprint density at radius 1 is 0.943 bits per heavy atom. The Morgan fingerprint density at radius 2 is 1.54 bits per heavy atom. The molecule has 0 heterocycles. The average molecular weight is 505 g/mol. The van der Waals surface area contributed by atoms with E-state index in [0.717, 1.165) is 12.1 Å². The van der Waals surface area contributed by atoms with Crippen LogP contribution in [0.2, 0.25) is 0 Å². The third-order valence-electron chi connectivity index (χ3n) is 4.82. The van der Waals surface area contributed by atoms with Crippen molar-refractivity contribution in [3.05, 3.63) is 29.8 Å². The van der Waals surface area contributed by atoms with Crippen molar-refractivity contribution >= 4 is 29.5 Å². The van der Waals surface area contributed by atoms with Gasteiger partial charge in [0.1, 0.15) is 18.1 Å². The maximum Gasteiger partial charge on any atom is 0.416 e. The van der Waals surface area contributed by atoms with Gasteiger partial charge in [0.25, 0.3) is 0 Å². The van der Waals surface area contributed by atoms with Crippen LogP contribution in [0.1, 0.15) is 39.7 Å². The van der Waals surface area contributed by atoms with Gasteiger partial charge in [-0.05, 0) is 36.5 Å². The zero-order valence-electron chi connectivity index (χ0n) is 19.8. The van der Waals surface area contributed by atoms with Crippen LogP contribution in [0, 0.1) is 11.8 Å². The number of carbonyl (C=O) groups is 4. The number of amides is 4. The number of aliphatic carboxylic acids is 1. The first-order valence-corrected chi connectivity index (χ1v) is 10.8. The summed E-state index contributed by atoms with van der Waals surface area (Å²) >= 11 is 0. The maximum atomic E-state index is 12.8. The summed E-state index contributed by atoms with van der Waals surface area (Å²) in [5.41, 5.74) is -1.18. The summed E-state index contributed by atoms with van der Waals surface area (Å²) in [6.45, 7) is 5.87. The van der Waals surface area contributed by atoms with Crippen LogP contribution in [0.3, 0.4) is 0 Å². The molecule has 0 bridgehead atoms. The van der Waals surface area contributed by atoms with Crippen LogP contribution in [-0.2, 0) is 20.6 Å². The van der Waals surface area contributed by atoms with Crippen molar-refractivity contribution in [1.29, 1.82) is 0 Å². The molecule has 6 N–H and O–H groups in total. The van der Waals surface area contributed by atoms with E-state index in [1.54, 1.807) is 27.7 Å². The van der Waals surface area contributed by atoms with Gasteiger partial charge in [0, 0.05) is 5.69 Å².